The lowest BCUT2D eigenvalue weighted by atomic mass is 10.1. The number of carbonyl (C=O) groups is 2. The van der Waals surface area contributed by atoms with E-state index in [9.17, 15) is 22.8 Å². The molecule has 1 saturated heterocycles. The first-order valence-corrected chi connectivity index (χ1v) is 8.80. The van der Waals surface area contributed by atoms with E-state index in [4.69, 9.17) is 4.74 Å². The number of benzene rings is 2. The molecule has 1 N–H and O–H groups in total. The summed E-state index contributed by atoms with van der Waals surface area (Å²) >= 11 is 0. The third kappa shape index (κ3) is 4.27. The van der Waals surface area contributed by atoms with E-state index in [1.807, 2.05) is 6.92 Å². The first kappa shape index (κ1) is 19.7. The van der Waals surface area contributed by atoms with Gasteiger partial charge in [0.1, 0.15) is 5.75 Å². The van der Waals surface area contributed by atoms with Crippen molar-refractivity contribution in [3.05, 3.63) is 59.7 Å². The summed E-state index contributed by atoms with van der Waals surface area (Å²) in [7, 11) is 0. The van der Waals surface area contributed by atoms with E-state index in [1.54, 1.807) is 24.3 Å². The van der Waals surface area contributed by atoms with Crippen LogP contribution in [-0.2, 0) is 11.0 Å². The summed E-state index contributed by atoms with van der Waals surface area (Å²) in [6.45, 7) is 2.57. The Kier molecular flexibility index (Phi) is 5.58. The highest BCUT2D eigenvalue weighted by Crippen LogP contribution is 2.32. The molecular weight excluding hydrogens is 373 g/mol. The quantitative estimate of drug-likeness (QED) is 0.845. The maximum absolute atomic E-state index is 13.1. The lowest BCUT2D eigenvalue weighted by molar-refractivity contribution is -0.138. The van der Waals surface area contributed by atoms with Crippen LogP contribution in [0, 0.1) is 0 Å². The van der Waals surface area contributed by atoms with Crippen molar-refractivity contribution >= 4 is 17.5 Å². The normalized spacial score (nSPS) is 16.9. The molecule has 2 aromatic carbocycles. The summed E-state index contributed by atoms with van der Waals surface area (Å²) in [4.78, 5) is 26.2. The van der Waals surface area contributed by atoms with E-state index in [-0.39, 0.29) is 18.9 Å². The number of amides is 2. The van der Waals surface area contributed by atoms with Crippen LogP contribution in [0.1, 0.15) is 29.3 Å². The largest absolute Gasteiger partial charge is 0.494 e. The first-order valence-electron chi connectivity index (χ1n) is 8.80. The fourth-order valence-corrected chi connectivity index (χ4v) is 3.13. The molecule has 28 heavy (non-hydrogen) atoms. The fourth-order valence-electron chi connectivity index (χ4n) is 3.13. The molecule has 0 unspecified atom stereocenters. The molecule has 1 aliphatic rings. The molecule has 0 radical (unpaired) electrons. The van der Waals surface area contributed by atoms with Gasteiger partial charge in [-0.25, -0.2) is 0 Å². The third-order valence-electron chi connectivity index (χ3n) is 4.40. The standard InChI is InChI=1S/C20H19F3N2O3/c1-2-28-15-9-7-14(8-10-15)25-12-13(11-18(25)26)24-19(27)16-5-3-4-6-17(16)20(21,22)23/h3-10,13H,2,11-12H2,1H3,(H,24,27)/t13-/m0/s1. The van der Waals surface area contributed by atoms with E-state index < -0.39 is 29.3 Å². The summed E-state index contributed by atoms with van der Waals surface area (Å²) in [5.74, 6) is -0.385. The van der Waals surface area contributed by atoms with E-state index >= 15 is 0 Å². The molecule has 0 aliphatic carbocycles. The summed E-state index contributed by atoms with van der Waals surface area (Å²) < 4.78 is 44.7. The Morgan fingerprint density at radius 3 is 2.50 bits per heavy atom. The average Bonchev–Trinajstić information content (AvgIpc) is 3.02. The molecule has 148 valence electrons. The van der Waals surface area contributed by atoms with Crippen LogP contribution in [0.2, 0.25) is 0 Å². The molecule has 2 aromatic rings. The number of nitrogens with zero attached hydrogens (tertiary/aromatic N) is 1. The van der Waals surface area contributed by atoms with Gasteiger partial charge < -0.3 is 15.0 Å². The molecular formula is C20H19F3N2O3. The molecule has 0 bridgehead atoms. The number of hydrogen-bond acceptors (Lipinski definition) is 3. The van der Waals surface area contributed by atoms with Crippen LogP contribution in [0.5, 0.6) is 5.75 Å². The van der Waals surface area contributed by atoms with Crippen molar-refractivity contribution in [2.75, 3.05) is 18.1 Å². The van der Waals surface area contributed by atoms with Crippen molar-refractivity contribution in [2.24, 2.45) is 0 Å². The molecule has 3 rings (SSSR count). The van der Waals surface area contributed by atoms with Crippen LogP contribution in [0.4, 0.5) is 18.9 Å². The van der Waals surface area contributed by atoms with Crippen LogP contribution >= 0.6 is 0 Å². The molecule has 8 heteroatoms. The van der Waals surface area contributed by atoms with Gasteiger partial charge in [0.25, 0.3) is 5.91 Å². The summed E-state index contributed by atoms with van der Waals surface area (Å²) in [6.07, 6.45) is -4.61. The van der Waals surface area contributed by atoms with Gasteiger partial charge in [-0.15, -0.1) is 0 Å². The molecule has 1 heterocycles. The van der Waals surface area contributed by atoms with E-state index in [0.29, 0.717) is 18.0 Å². The van der Waals surface area contributed by atoms with E-state index in [1.165, 1.54) is 17.0 Å². The highest BCUT2D eigenvalue weighted by atomic mass is 19.4. The van der Waals surface area contributed by atoms with Crippen LogP contribution in [0.15, 0.2) is 48.5 Å². The molecule has 2 amide bonds. The van der Waals surface area contributed by atoms with Crippen LogP contribution in [-0.4, -0.2) is 31.0 Å². The van der Waals surface area contributed by atoms with Crippen molar-refractivity contribution in [1.82, 2.24) is 5.32 Å². The minimum Gasteiger partial charge on any atom is -0.494 e. The average molecular weight is 392 g/mol. The maximum Gasteiger partial charge on any atom is 0.417 e. The van der Waals surface area contributed by atoms with Crippen LogP contribution in [0.3, 0.4) is 0 Å². The van der Waals surface area contributed by atoms with Crippen molar-refractivity contribution in [1.29, 1.82) is 0 Å². The van der Waals surface area contributed by atoms with Crippen molar-refractivity contribution < 1.29 is 27.5 Å². The second kappa shape index (κ2) is 7.92. The highest BCUT2D eigenvalue weighted by Gasteiger charge is 2.36. The predicted molar refractivity (Wildman–Crippen MR) is 97.3 cm³/mol. The van der Waals surface area contributed by atoms with Crippen LogP contribution < -0.4 is 15.0 Å². The van der Waals surface area contributed by atoms with Gasteiger partial charge in [-0.1, -0.05) is 12.1 Å². The van der Waals surface area contributed by atoms with Gasteiger partial charge in [0.05, 0.1) is 23.8 Å². The Morgan fingerprint density at radius 2 is 1.86 bits per heavy atom. The second-order valence-electron chi connectivity index (χ2n) is 6.35. The molecule has 1 atom stereocenters. The summed E-state index contributed by atoms with van der Waals surface area (Å²) in [5, 5.41) is 2.54. The van der Waals surface area contributed by atoms with Gasteiger partial charge in [0, 0.05) is 18.7 Å². The lowest BCUT2D eigenvalue weighted by Crippen LogP contribution is -2.38. The molecule has 0 aromatic heterocycles. The maximum atomic E-state index is 13.1. The zero-order valence-corrected chi connectivity index (χ0v) is 15.1. The second-order valence-corrected chi connectivity index (χ2v) is 6.35. The van der Waals surface area contributed by atoms with Gasteiger partial charge in [0.15, 0.2) is 0 Å². The number of hydrogen-bond donors (Lipinski definition) is 1. The minimum absolute atomic E-state index is 0.0210. The molecule has 0 saturated carbocycles. The summed E-state index contributed by atoms with van der Waals surface area (Å²) in [5.41, 5.74) is -0.817. The molecule has 5 nitrogen and oxygen atoms in total. The third-order valence-corrected chi connectivity index (χ3v) is 4.40. The smallest absolute Gasteiger partial charge is 0.417 e. The lowest BCUT2D eigenvalue weighted by Gasteiger charge is -2.18. The molecule has 1 fully saturated rings. The SMILES string of the molecule is CCOc1ccc(N2C[C@@H](NC(=O)c3ccccc3C(F)(F)F)CC2=O)cc1. The first-order chi connectivity index (χ1) is 13.3. The number of rotatable bonds is 5. The number of carbonyl (C=O) groups excluding carboxylic acids is 2. The van der Waals surface area contributed by atoms with Gasteiger partial charge in [-0.3, -0.25) is 9.59 Å². The Labute approximate surface area is 160 Å². The number of ether oxygens (including phenoxy) is 1. The van der Waals surface area contributed by atoms with Crippen molar-refractivity contribution in [2.45, 2.75) is 25.6 Å². The topological polar surface area (TPSA) is 58.6 Å². The summed E-state index contributed by atoms with van der Waals surface area (Å²) in [6, 6.07) is 10.9. The predicted octanol–water partition coefficient (Wildman–Crippen LogP) is 3.64. The number of alkyl halides is 3. The van der Waals surface area contributed by atoms with Crippen molar-refractivity contribution in [3.63, 3.8) is 0 Å². The highest BCUT2D eigenvalue weighted by molar-refractivity contribution is 5.99. The monoisotopic (exact) mass is 392 g/mol. The van der Waals surface area contributed by atoms with E-state index in [0.717, 1.165) is 12.1 Å². The number of nitrogens with one attached hydrogen (secondary N) is 1. The zero-order chi connectivity index (χ0) is 20.3. The van der Waals surface area contributed by atoms with Crippen LogP contribution in [0.25, 0.3) is 0 Å². The molecule has 0 spiro atoms. The Hall–Kier alpha value is -3.03. The molecule has 1 aliphatic heterocycles. The zero-order valence-electron chi connectivity index (χ0n) is 15.1. The number of halogens is 3. The van der Waals surface area contributed by atoms with Gasteiger partial charge >= 0.3 is 6.18 Å². The Balaban J connectivity index is 1.70. The minimum atomic E-state index is -4.63. The van der Waals surface area contributed by atoms with Gasteiger partial charge in [-0.05, 0) is 43.3 Å². The van der Waals surface area contributed by atoms with Crippen molar-refractivity contribution in [3.8, 4) is 5.75 Å². The Bertz CT molecular complexity index is 866. The number of anilines is 1. The fraction of sp³-hybridized carbons (Fsp3) is 0.300. The van der Waals surface area contributed by atoms with Gasteiger partial charge in [0.2, 0.25) is 5.91 Å². The van der Waals surface area contributed by atoms with Gasteiger partial charge in [-0.2, -0.15) is 13.2 Å². The van der Waals surface area contributed by atoms with E-state index in [2.05, 4.69) is 5.32 Å². The Morgan fingerprint density at radius 1 is 1.18 bits per heavy atom.